The molecule has 1 nitrogen and oxygen atoms in total. The number of halogens is 3. The number of benzene rings is 2. The smallest absolute Gasteiger partial charge is 0.272 e. The van der Waals surface area contributed by atoms with E-state index in [1.54, 1.807) is 12.1 Å². The zero-order valence-corrected chi connectivity index (χ0v) is 11.0. The predicted octanol–water partition coefficient (Wildman–Crippen LogP) is 4.76. The summed E-state index contributed by atoms with van der Waals surface area (Å²) in [5.74, 6) is 0.450. The van der Waals surface area contributed by atoms with E-state index in [4.69, 9.17) is 4.74 Å². The highest BCUT2D eigenvalue weighted by molar-refractivity contribution is 9.10. The van der Waals surface area contributed by atoms with Crippen LogP contribution in [-0.2, 0) is 0 Å². The summed E-state index contributed by atoms with van der Waals surface area (Å²) < 4.78 is 29.9. The Kier molecular flexibility index (Phi) is 4.31. The van der Waals surface area contributed by atoms with Gasteiger partial charge in [-0.3, -0.25) is 0 Å². The van der Waals surface area contributed by atoms with Crippen molar-refractivity contribution in [3.05, 3.63) is 53.0 Å². The first-order valence-electron chi connectivity index (χ1n) is 5.43. The Morgan fingerprint density at radius 1 is 1.00 bits per heavy atom. The van der Waals surface area contributed by atoms with E-state index in [2.05, 4.69) is 15.9 Å². The van der Waals surface area contributed by atoms with Gasteiger partial charge in [-0.2, -0.15) is 0 Å². The van der Waals surface area contributed by atoms with Crippen molar-refractivity contribution in [1.29, 1.82) is 0 Å². The van der Waals surface area contributed by atoms with E-state index in [-0.39, 0.29) is 0 Å². The molecule has 0 aliphatic rings. The van der Waals surface area contributed by atoms with Crippen molar-refractivity contribution in [2.24, 2.45) is 0 Å². The van der Waals surface area contributed by atoms with E-state index in [0.29, 0.717) is 5.75 Å². The number of ether oxygens (including phenoxy) is 1. The molecule has 0 saturated carbocycles. The lowest BCUT2D eigenvalue weighted by Crippen LogP contribution is -2.06. The Morgan fingerprint density at radius 3 is 2.28 bits per heavy atom. The Bertz CT molecular complexity index is 511. The third kappa shape index (κ3) is 3.29. The van der Waals surface area contributed by atoms with Gasteiger partial charge in [0.25, 0.3) is 6.43 Å². The van der Waals surface area contributed by atoms with Crippen LogP contribution >= 0.6 is 15.9 Å². The summed E-state index contributed by atoms with van der Waals surface area (Å²) in [6.45, 7) is -0.575. The molecule has 0 amide bonds. The molecule has 0 aliphatic carbocycles. The minimum atomic E-state index is -2.45. The van der Waals surface area contributed by atoms with Crippen molar-refractivity contribution in [2.45, 2.75) is 6.43 Å². The second-order valence-electron chi connectivity index (χ2n) is 3.71. The fourth-order valence-corrected chi connectivity index (χ4v) is 2.10. The molecule has 0 bridgehead atoms. The van der Waals surface area contributed by atoms with Crippen LogP contribution in [0.25, 0.3) is 11.1 Å². The zero-order chi connectivity index (χ0) is 13.0. The van der Waals surface area contributed by atoms with Crippen LogP contribution in [0.1, 0.15) is 0 Å². The van der Waals surface area contributed by atoms with Crippen molar-refractivity contribution in [3.63, 3.8) is 0 Å². The first kappa shape index (κ1) is 13.0. The Labute approximate surface area is 113 Å². The summed E-state index contributed by atoms with van der Waals surface area (Å²) in [4.78, 5) is 0. The van der Waals surface area contributed by atoms with E-state index in [0.717, 1.165) is 15.6 Å². The van der Waals surface area contributed by atoms with E-state index in [1.165, 1.54) is 0 Å². The van der Waals surface area contributed by atoms with Crippen LogP contribution in [0.3, 0.4) is 0 Å². The van der Waals surface area contributed by atoms with Gasteiger partial charge in [-0.25, -0.2) is 8.78 Å². The average molecular weight is 313 g/mol. The molecule has 0 N–H and O–H groups in total. The first-order chi connectivity index (χ1) is 8.66. The SMILES string of the molecule is FC(F)COc1ccc(-c2ccccc2Br)cc1. The van der Waals surface area contributed by atoms with Gasteiger partial charge >= 0.3 is 0 Å². The fourth-order valence-electron chi connectivity index (χ4n) is 1.59. The fraction of sp³-hybridized carbons (Fsp3) is 0.143. The van der Waals surface area contributed by atoms with E-state index >= 15 is 0 Å². The van der Waals surface area contributed by atoms with Crippen molar-refractivity contribution in [3.8, 4) is 16.9 Å². The third-order valence-corrected chi connectivity index (χ3v) is 3.11. The molecule has 18 heavy (non-hydrogen) atoms. The molecule has 0 fully saturated rings. The molecule has 0 heterocycles. The van der Waals surface area contributed by atoms with E-state index in [9.17, 15) is 8.78 Å². The van der Waals surface area contributed by atoms with Crippen LogP contribution in [0.4, 0.5) is 8.78 Å². The molecule has 0 spiro atoms. The maximum absolute atomic E-state index is 12.0. The molecule has 0 unspecified atom stereocenters. The quantitative estimate of drug-likeness (QED) is 0.791. The summed E-state index contributed by atoms with van der Waals surface area (Å²) in [5.41, 5.74) is 2.06. The molecule has 0 radical (unpaired) electrons. The molecular weight excluding hydrogens is 302 g/mol. The topological polar surface area (TPSA) is 9.23 Å². The molecule has 0 aromatic heterocycles. The van der Waals surface area contributed by atoms with Gasteiger partial charge < -0.3 is 4.74 Å². The largest absolute Gasteiger partial charge is 0.488 e. The highest BCUT2D eigenvalue weighted by atomic mass is 79.9. The lowest BCUT2D eigenvalue weighted by molar-refractivity contribution is 0.0819. The van der Waals surface area contributed by atoms with Crippen LogP contribution in [-0.4, -0.2) is 13.0 Å². The molecule has 2 aromatic carbocycles. The summed E-state index contributed by atoms with van der Waals surface area (Å²) in [7, 11) is 0. The second-order valence-corrected chi connectivity index (χ2v) is 4.56. The van der Waals surface area contributed by atoms with Crippen molar-refractivity contribution in [2.75, 3.05) is 6.61 Å². The lowest BCUT2D eigenvalue weighted by atomic mass is 10.1. The number of rotatable bonds is 4. The molecule has 0 aliphatic heterocycles. The predicted molar refractivity (Wildman–Crippen MR) is 71.1 cm³/mol. The van der Waals surface area contributed by atoms with Crippen molar-refractivity contribution >= 4 is 15.9 Å². The maximum atomic E-state index is 12.0. The van der Waals surface area contributed by atoms with Crippen LogP contribution in [0.2, 0.25) is 0 Å². The van der Waals surface area contributed by atoms with E-state index in [1.807, 2.05) is 36.4 Å². The van der Waals surface area contributed by atoms with Gasteiger partial charge in [0.1, 0.15) is 12.4 Å². The van der Waals surface area contributed by atoms with Crippen LogP contribution in [0.5, 0.6) is 5.75 Å². The first-order valence-corrected chi connectivity index (χ1v) is 6.22. The molecule has 94 valence electrons. The summed E-state index contributed by atoms with van der Waals surface area (Å²) in [6, 6.07) is 14.9. The molecule has 0 saturated heterocycles. The molecule has 4 heteroatoms. The highest BCUT2D eigenvalue weighted by Crippen LogP contribution is 2.29. The molecule has 2 rings (SSSR count). The maximum Gasteiger partial charge on any atom is 0.272 e. The van der Waals surface area contributed by atoms with Gasteiger partial charge in [0.15, 0.2) is 0 Å². The summed E-state index contributed by atoms with van der Waals surface area (Å²) in [5, 5.41) is 0. The average Bonchev–Trinajstić information content (AvgIpc) is 2.38. The van der Waals surface area contributed by atoms with Crippen molar-refractivity contribution in [1.82, 2.24) is 0 Å². The van der Waals surface area contributed by atoms with Crippen LogP contribution in [0.15, 0.2) is 53.0 Å². The van der Waals surface area contributed by atoms with Crippen molar-refractivity contribution < 1.29 is 13.5 Å². The van der Waals surface area contributed by atoms with Gasteiger partial charge in [-0.15, -0.1) is 0 Å². The number of hydrogen-bond donors (Lipinski definition) is 0. The zero-order valence-electron chi connectivity index (χ0n) is 9.45. The summed E-state index contributed by atoms with van der Waals surface area (Å²) >= 11 is 3.47. The van der Waals surface area contributed by atoms with Gasteiger partial charge in [0.05, 0.1) is 0 Å². The monoisotopic (exact) mass is 312 g/mol. The van der Waals surface area contributed by atoms with Gasteiger partial charge in [-0.1, -0.05) is 46.3 Å². The Morgan fingerprint density at radius 2 is 1.67 bits per heavy atom. The van der Waals surface area contributed by atoms with Gasteiger partial charge in [0.2, 0.25) is 0 Å². The van der Waals surface area contributed by atoms with Gasteiger partial charge in [0, 0.05) is 4.47 Å². The lowest BCUT2D eigenvalue weighted by Gasteiger charge is -2.07. The molecule has 2 aromatic rings. The van der Waals surface area contributed by atoms with Crippen LogP contribution < -0.4 is 4.74 Å². The minimum absolute atomic E-state index is 0.450. The highest BCUT2D eigenvalue weighted by Gasteiger charge is 2.05. The summed E-state index contributed by atoms with van der Waals surface area (Å²) in [6.07, 6.45) is -2.45. The Balaban J connectivity index is 2.15. The third-order valence-electron chi connectivity index (χ3n) is 2.42. The molecular formula is C14H11BrF2O. The second kappa shape index (κ2) is 5.96. The number of alkyl halides is 2. The Hall–Kier alpha value is -1.42. The normalized spacial score (nSPS) is 10.7. The standard InChI is InChI=1S/C14H11BrF2O/c15-13-4-2-1-3-12(13)10-5-7-11(8-6-10)18-9-14(16)17/h1-8,14H,9H2. The van der Waals surface area contributed by atoms with E-state index < -0.39 is 13.0 Å². The van der Waals surface area contributed by atoms with Gasteiger partial charge in [-0.05, 0) is 29.3 Å². The van der Waals surface area contributed by atoms with Crippen LogP contribution in [0, 0.1) is 0 Å². The number of hydrogen-bond acceptors (Lipinski definition) is 1. The minimum Gasteiger partial charge on any atom is -0.488 e. The molecule has 0 atom stereocenters.